The van der Waals surface area contributed by atoms with Gasteiger partial charge < -0.3 is 10.1 Å². The number of benzene rings is 3. The van der Waals surface area contributed by atoms with E-state index in [1.807, 2.05) is 48.5 Å². The fourth-order valence-corrected chi connectivity index (χ4v) is 2.99. The third-order valence-corrected chi connectivity index (χ3v) is 4.44. The molecular formula is C22H17N3O3. The van der Waals surface area contributed by atoms with E-state index in [1.165, 1.54) is 7.11 Å². The monoisotopic (exact) mass is 371 g/mol. The summed E-state index contributed by atoms with van der Waals surface area (Å²) in [7, 11) is 1.32. The van der Waals surface area contributed by atoms with Gasteiger partial charge in [-0.15, -0.1) is 0 Å². The van der Waals surface area contributed by atoms with Gasteiger partial charge in [-0.3, -0.25) is 9.89 Å². The topological polar surface area (TPSA) is 84.1 Å². The Bertz CT molecular complexity index is 1150. The maximum absolute atomic E-state index is 12.5. The van der Waals surface area contributed by atoms with Crippen LogP contribution >= 0.6 is 0 Å². The Morgan fingerprint density at radius 2 is 1.64 bits per heavy atom. The van der Waals surface area contributed by atoms with Crippen LogP contribution in [0.5, 0.6) is 0 Å². The number of hydrogen-bond acceptors (Lipinski definition) is 4. The molecule has 0 aliphatic heterocycles. The highest BCUT2D eigenvalue weighted by atomic mass is 16.5. The molecule has 4 rings (SSSR count). The minimum absolute atomic E-state index is 0.263. The van der Waals surface area contributed by atoms with Crippen molar-refractivity contribution in [3.63, 3.8) is 0 Å². The van der Waals surface area contributed by atoms with Crippen molar-refractivity contribution in [2.75, 3.05) is 12.4 Å². The molecule has 3 aromatic carbocycles. The largest absolute Gasteiger partial charge is 0.465 e. The minimum Gasteiger partial charge on any atom is -0.465 e. The van der Waals surface area contributed by atoms with Crippen molar-refractivity contribution in [3.8, 4) is 11.3 Å². The predicted octanol–water partition coefficient (Wildman–Crippen LogP) is 4.27. The molecule has 0 aliphatic rings. The van der Waals surface area contributed by atoms with Crippen molar-refractivity contribution in [1.29, 1.82) is 0 Å². The van der Waals surface area contributed by atoms with Gasteiger partial charge >= 0.3 is 5.97 Å². The van der Waals surface area contributed by atoms with E-state index in [-0.39, 0.29) is 5.91 Å². The van der Waals surface area contributed by atoms with E-state index < -0.39 is 5.97 Å². The summed E-state index contributed by atoms with van der Waals surface area (Å²) in [5.41, 5.74) is 4.21. The van der Waals surface area contributed by atoms with Gasteiger partial charge in [-0.1, -0.05) is 30.3 Å². The van der Waals surface area contributed by atoms with Gasteiger partial charge in [0.2, 0.25) is 0 Å². The molecule has 4 aromatic rings. The maximum atomic E-state index is 12.5. The summed E-state index contributed by atoms with van der Waals surface area (Å²) in [5.74, 6) is -0.702. The number of aromatic nitrogens is 2. The first-order valence-corrected chi connectivity index (χ1v) is 8.69. The number of aromatic amines is 1. The summed E-state index contributed by atoms with van der Waals surface area (Å²) >= 11 is 0. The summed E-state index contributed by atoms with van der Waals surface area (Å²) in [6.07, 6.45) is 0. The molecule has 0 unspecified atom stereocenters. The molecule has 1 aromatic heterocycles. The fraction of sp³-hybridized carbons (Fsp3) is 0.0455. The van der Waals surface area contributed by atoms with Crippen LogP contribution < -0.4 is 5.32 Å². The van der Waals surface area contributed by atoms with Gasteiger partial charge in [0.15, 0.2) is 0 Å². The van der Waals surface area contributed by atoms with Gasteiger partial charge in [0.05, 0.1) is 23.9 Å². The number of H-pyrrole nitrogens is 1. The first kappa shape index (κ1) is 17.5. The Labute approximate surface area is 161 Å². The number of esters is 1. The smallest absolute Gasteiger partial charge is 0.337 e. The van der Waals surface area contributed by atoms with E-state index in [9.17, 15) is 9.59 Å². The maximum Gasteiger partial charge on any atom is 0.337 e. The number of methoxy groups -OCH3 is 1. The van der Waals surface area contributed by atoms with Crippen LogP contribution in [-0.2, 0) is 4.74 Å². The fourth-order valence-electron chi connectivity index (χ4n) is 2.99. The third-order valence-electron chi connectivity index (χ3n) is 4.44. The lowest BCUT2D eigenvalue weighted by Crippen LogP contribution is -2.12. The number of carbonyl (C=O) groups is 2. The molecular weight excluding hydrogens is 354 g/mol. The van der Waals surface area contributed by atoms with Crippen molar-refractivity contribution in [2.24, 2.45) is 0 Å². The van der Waals surface area contributed by atoms with Crippen LogP contribution in [0.25, 0.3) is 22.2 Å². The molecule has 1 amide bonds. The quantitative estimate of drug-likeness (QED) is 0.525. The Morgan fingerprint density at radius 3 is 2.36 bits per heavy atom. The molecule has 1 heterocycles. The Balaban J connectivity index is 1.59. The lowest BCUT2D eigenvalue weighted by molar-refractivity contribution is 0.0600. The zero-order valence-corrected chi connectivity index (χ0v) is 15.1. The number of ether oxygens (including phenoxy) is 1. The van der Waals surface area contributed by atoms with Crippen molar-refractivity contribution in [2.45, 2.75) is 0 Å². The molecule has 6 nitrogen and oxygen atoms in total. The molecule has 0 saturated carbocycles. The van der Waals surface area contributed by atoms with E-state index in [0.29, 0.717) is 16.8 Å². The second-order valence-electron chi connectivity index (χ2n) is 6.22. The van der Waals surface area contributed by atoms with Crippen LogP contribution in [-0.4, -0.2) is 29.2 Å². The van der Waals surface area contributed by atoms with Crippen LogP contribution in [0, 0.1) is 0 Å². The number of anilines is 1. The molecule has 6 heteroatoms. The van der Waals surface area contributed by atoms with Crippen LogP contribution in [0.1, 0.15) is 20.7 Å². The van der Waals surface area contributed by atoms with Crippen molar-refractivity contribution in [1.82, 2.24) is 10.2 Å². The summed E-state index contributed by atoms with van der Waals surface area (Å²) in [6, 6.07) is 21.7. The minimum atomic E-state index is -0.439. The Kier molecular flexibility index (Phi) is 4.60. The Morgan fingerprint density at radius 1 is 0.929 bits per heavy atom. The number of amides is 1. The first-order chi connectivity index (χ1) is 13.7. The first-order valence-electron chi connectivity index (χ1n) is 8.69. The second-order valence-corrected chi connectivity index (χ2v) is 6.22. The van der Waals surface area contributed by atoms with Crippen LogP contribution in [0.3, 0.4) is 0 Å². The van der Waals surface area contributed by atoms with Gasteiger partial charge in [-0.2, -0.15) is 5.10 Å². The summed E-state index contributed by atoms with van der Waals surface area (Å²) in [5, 5.41) is 11.2. The third kappa shape index (κ3) is 3.35. The number of fused-ring (bicyclic) bond motifs is 1. The SMILES string of the molecule is COC(=O)c1ccc(C(=O)Nc2ccc3[nH]nc(-c4ccccc4)c3c2)cc1. The predicted molar refractivity (Wildman–Crippen MR) is 107 cm³/mol. The number of nitrogens with zero attached hydrogens (tertiary/aromatic N) is 1. The molecule has 0 aliphatic carbocycles. The standard InChI is InChI=1S/C22H17N3O3/c1-28-22(27)16-9-7-15(8-10-16)21(26)23-17-11-12-19-18(13-17)20(25-24-19)14-5-3-2-4-6-14/h2-13H,1H3,(H,23,26)(H,24,25). The highest BCUT2D eigenvalue weighted by Crippen LogP contribution is 2.28. The molecule has 2 N–H and O–H groups in total. The van der Waals surface area contributed by atoms with Crippen molar-refractivity contribution >= 4 is 28.5 Å². The van der Waals surface area contributed by atoms with Crippen molar-refractivity contribution < 1.29 is 14.3 Å². The van der Waals surface area contributed by atoms with E-state index in [2.05, 4.69) is 20.3 Å². The number of rotatable bonds is 4. The zero-order valence-electron chi connectivity index (χ0n) is 15.1. The molecule has 138 valence electrons. The number of hydrogen-bond donors (Lipinski definition) is 2. The molecule has 0 bridgehead atoms. The van der Waals surface area contributed by atoms with E-state index in [4.69, 9.17) is 0 Å². The summed E-state index contributed by atoms with van der Waals surface area (Å²) in [4.78, 5) is 24.0. The highest BCUT2D eigenvalue weighted by molar-refractivity contribution is 6.06. The average Bonchev–Trinajstić information content (AvgIpc) is 3.17. The van der Waals surface area contributed by atoms with Crippen LogP contribution in [0.15, 0.2) is 72.8 Å². The number of nitrogens with one attached hydrogen (secondary N) is 2. The van der Waals surface area contributed by atoms with E-state index >= 15 is 0 Å². The van der Waals surface area contributed by atoms with Gasteiger partial charge in [0.25, 0.3) is 5.91 Å². The van der Waals surface area contributed by atoms with Gasteiger partial charge in [-0.05, 0) is 42.5 Å². The second kappa shape index (κ2) is 7.36. The summed E-state index contributed by atoms with van der Waals surface area (Å²) in [6.45, 7) is 0. The molecule has 0 radical (unpaired) electrons. The lowest BCUT2D eigenvalue weighted by atomic mass is 10.1. The normalized spacial score (nSPS) is 10.6. The average molecular weight is 371 g/mol. The van der Waals surface area contributed by atoms with E-state index in [1.54, 1.807) is 24.3 Å². The van der Waals surface area contributed by atoms with Gasteiger partial charge in [0, 0.05) is 22.2 Å². The summed E-state index contributed by atoms with van der Waals surface area (Å²) < 4.78 is 4.66. The Hall–Kier alpha value is -3.93. The van der Waals surface area contributed by atoms with Gasteiger partial charge in [-0.25, -0.2) is 4.79 Å². The molecule has 0 atom stereocenters. The zero-order chi connectivity index (χ0) is 19.5. The number of carbonyl (C=O) groups excluding carboxylic acids is 2. The highest BCUT2D eigenvalue weighted by Gasteiger charge is 2.12. The van der Waals surface area contributed by atoms with Gasteiger partial charge in [0.1, 0.15) is 0 Å². The van der Waals surface area contributed by atoms with Crippen LogP contribution in [0.4, 0.5) is 5.69 Å². The van der Waals surface area contributed by atoms with E-state index in [0.717, 1.165) is 22.2 Å². The molecule has 0 fully saturated rings. The van der Waals surface area contributed by atoms with Crippen LogP contribution in [0.2, 0.25) is 0 Å². The lowest BCUT2D eigenvalue weighted by Gasteiger charge is -2.07. The van der Waals surface area contributed by atoms with Crippen molar-refractivity contribution in [3.05, 3.63) is 83.9 Å². The molecule has 0 spiro atoms. The molecule has 28 heavy (non-hydrogen) atoms. The molecule has 0 saturated heterocycles.